The van der Waals surface area contributed by atoms with Gasteiger partial charge in [0.05, 0.1) is 4.92 Å². The first-order valence-corrected chi connectivity index (χ1v) is 9.17. The minimum atomic E-state index is -0.494. The summed E-state index contributed by atoms with van der Waals surface area (Å²) in [6.07, 6.45) is 2.76. The molecule has 7 nitrogen and oxygen atoms in total. The molecule has 0 saturated heterocycles. The highest BCUT2D eigenvalue weighted by Gasteiger charge is 2.08. The van der Waals surface area contributed by atoms with Gasteiger partial charge in [-0.2, -0.15) is 0 Å². The second-order valence-electron chi connectivity index (χ2n) is 6.42. The van der Waals surface area contributed by atoms with Gasteiger partial charge in [0.2, 0.25) is 5.91 Å². The van der Waals surface area contributed by atoms with Crippen molar-refractivity contribution in [2.24, 2.45) is 0 Å². The Morgan fingerprint density at radius 3 is 2.47 bits per heavy atom. The average Bonchev–Trinajstić information content (AvgIpc) is 2.77. The van der Waals surface area contributed by atoms with E-state index in [1.807, 2.05) is 30.3 Å². The number of carbonyl (C=O) groups is 2. The fourth-order valence-electron chi connectivity index (χ4n) is 2.72. The smallest absolute Gasteiger partial charge is 0.270 e. The van der Waals surface area contributed by atoms with Crippen LogP contribution >= 0.6 is 0 Å². The van der Waals surface area contributed by atoms with Gasteiger partial charge in [-0.1, -0.05) is 48.5 Å². The Kier molecular flexibility index (Phi) is 6.68. The number of amides is 2. The maximum atomic E-state index is 12.4. The molecule has 0 aliphatic carbocycles. The minimum Gasteiger partial charge on any atom is -0.348 e. The largest absolute Gasteiger partial charge is 0.348 e. The number of nitro groups is 1. The molecule has 3 aromatic carbocycles. The Hall–Kier alpha value is -4.26. The summed E-state index contributed by atoms with van der Waals surface area (Å²) in [6.45, 7) is 0.405. The fourth-order valence-corrected chi connectivity index (χ4v) is 2.72. The van der Waals surface area contributed by atoms with Crippen LogP contribution in [0.1, 0.15) is 21.5 Å². The van der Waals surface area contributed by atoms with E-state index in [9.17, 15) is 19.7 Å². The molecule has 0 aliphatic heterocycles. The van der Waals surface area contributed by atoms with Crippen LogP contribution in [0, 0.1) is 10.1 Å². The van der Waals surface area contributed by atoms with Crippen LogP contribution < -0.4 is 10.6 Å². The quantitative estimate of drug-likeness (QED) is 0.352. The summed E-state index contributed by atoms with van der Waals surface area (Å²) >= 11 is 0. The van der Waals surface area contributed by atoms with Crippen molar-refractivity contribution in [3.63, 3.8) is 0 Å². The number of nitrogens with one attached hydrogen (secondary N) is 2. The summed E-state index contributed by atoms with van der Waals surface area (Å²) in [6, 6.07) is 22.1. The molecule has 0 spiro atoms. The third kappa shape index (κ3) is 5.87. The molecule has 0 fully saturated rings. The molecule has 2 N–H and O–H groups in total. The van der Waals surface area contributed by atoms with Gasteiger partial charge in [0.1, 0.15) is 0 Å². The van der Waals surface area contributed by atoms with E-state index in [2.05, 4.69) is 10.6 Å². The summed E-state index contributed by atoms with van der Waals surface area (Å²) < 4.78 is 0. The van der Waals surface area contributed by atoms with Crippen molar-refractivity contribution < 1.29 is 14.5 Å². The van der Waals surface area contributed by atoms with E-state index in [0.717, 1.165) is 5.56 Å². The molecular weight excluding hydrogens is 382 g/mol. The maximum absolute atomic E-state index is 12.4. The van der Waals surface area contributed by atoms with Crippen LogP contribution in [0.15, 0.2) is 84.9 Å². The number of anilines is 1. The molecule has 30 heavy (non-hydrogen) atoms. The summed E-state index contributed by atoms with van der Waals surface area (Å²) in [5.74, 6) is -0.662. The Bertz CT molecular complexity index is 1090. The molecule has 7 heteroatoms. The lowest BCUT2D eigenvalue weighted by molar-refractivity contribution is -0.384. The van der Waals surface area contributed by atoms with Gasteiger partial charge < -0.3 is 10.6 Å². The molecular formula is C23H19N3O4. The van der Waals surface area contributed by atoms with Crippen molar-refractivity contribution >= 4 is 29.3 Å². The van der Waals surface area contributed by atoms with Gasteiger partial charge in [0.15, 0.2) is 0 Å². The Balaban J connectivity index is 1.60. The average molecular weight is 401 g/mol. The highest BCUT2D eigenvalue weighted by molar-refractivity contribution is 6.03. The summed E-state index contributed by atoms with van der Waals surface area (Å²) in [5.41, 5.74) is 2.37. The van der Waals surface area contributed by atoms with E-state index in [4.69, 9.17) is 0 Å². The van der Waals surface area contributed by atoms with Crippen LogP contribution in [0.5, 0.6) is 0 Å². The van der Waals surface area contributed by atoms with E-state index in [-0.39, 0.29) is 11.6 Å². The third-order valence-electron chi connectivity index (χ3n) is 4.20. The molecule has 0 aromatic heterocycles. The fraction of sp³-hybridized carbons (Fsp3) is 0.0435. The van der Waals surface area contributed by atoms with Crippen LogP contribution in [0.25, 0.3) is 6.08 Å². The molecule has 3 rings (SSSR count). The molecule has 0 heterocycles. The number of rotatable bonds is 7. The number of hydrogen-bond acceptors (Lipinski definition) is 4. The molecule has 0 saturated carbocycles. The van der Waals surface area contributed by atoms with Crippen molar-refractivity contribution in [1.29, 1.82) is 0 Å². The lowest BCUT2D eigenvalue weighted by Gasteiger charge is -2.07. The van der Waals surface area contributed by atoms with Crippen molar-refractivity contribution in [2.75, 3.05) is 5.32 Å². The van der Waals surface area contributed by atoms with E-state index in [1.54, 1.807) is 36.4 Å². The van der Waals surface area contributed by atoms with Crippen LogP contribution in [-0.2, 0) is 11.3 Å². The maximum Gasteiger partial charge on any atom is 0.270 e. The highest BCUT2D eigenvalue weighted by atomic mass is 16.6. The molecule has 0 atom stereocenters. The highest BCUT2D eigenvalue weighted by Crippen LogP contribution is 2.15. The first kappa shape index (κ1) is 20.5. The van der Waals surface area contributed by atoms with Crippen molar-refractivity contribution in [2.45, 2.75) is 6.54 Å². The zero-order valence-corrected chi connectivity index (χ0v) is 15.9. The predicted octanol–water partition coefficient (Wildman–Crippen LogP) is 4.18. The normalized spacial score (nSPS) is 10.5. The zero-order chi connectivity index (χ0) is 21.3. The third-order valence-corrected chi connectivity index (χ3v) is 4.20. The summed E-state index contributed by atoms with van der Waals surface area (Å²) in [7, 11) is 0. The van der Waals surface area contributed by atoms with Crippen molar-refractivity contribution in [1.82, 2.24) is 5.32 Å². The van der Waals surface area contributed by atoms with Crippen LogP contribution in [0.3, 0.4) is 0 Å². The predicted molar refractivity (Wildman–Crippen MR) is 115 cm³/mol. The van der Waals surface area contributed by atoms with E-state index >= 15 is 0 Å². The number of nitrogens with zero attached hydrogens (tertiary/aromatic N) is 1. The molecule has 0 bridgehead atoms. The van der Waals surface area contributed by atoms with Gasteiger partial charge in [-0.15, -0.1) is 0 Å². The van der Waals surface area contributed by atoms with Crippen molar-refractivity contribution in [3.8, 4) is 0 Å². The number of nitro benzene ring substituents is 1. The molecule has 3 aromatic rings. The topological polar surface area (TPSA) is 101 Å². The van der Waals surface area contributed by atoms with E-state index in [1.165, 1.54) is 24.3 Å². The Morgan fingerprint density at radius 1 is 0.933 bits per heavy atom. The molecule has 0 unspecified atom stereocenters. The van der Waals surface area contributed by atoms with Gasteiger partial charge in [-0.05, 0) is 35.4 Å². The zero-order valence-electron chi connectivity index (χ0n) is 15.9. The lowest BCUT2D eigenvalue weighted by Crippen LogP contribution is -2.22. The van der Waals surface area contributed by atoms with Gasteiger partial charge >= 0.3 is 0 Å². The lowest BCUT2D eigenvalue weighted by atomic mass is 10.1. The minimum absolute atomic E-state index is 0.0493. The first-order chi connectivity index (χ1) is 14.5. The second-order valence-corrected chi connectivity index (χ2v) is 6.42. The van der Waals surface area contributed by atoms with Gasteiger partial charge in [0.25, 0.3) is 11.6 Å². The number of carbonyl (C=O) groups excluding carboxylic acids is 2. The summed E-state index contributed by atoms with van der Waals surface area (Å²) in [5, 5.41) is 16.3. The molecule has 2 amide bonds. The van der Waals surface area contributed by atoms with Gasteiger partial charge in [-0.3, -0.25) is 19.7 Å². The second kappa shape index (κ2) is 9.79. The van der Waals surface area contributed by atoms with Gasteiger partial charge in [-0.25, -0.2) is 0 Å². The molecule has 0 radical (unpaired) electrons. The first-order valence-electron chi connectivity index (χ1n) is 9.17. The van der Waals surface area contributed by atoms with Gasteiger partial charge in [0, 0.05) is 36.0 Å². The number of non-ortho nitro benzene ring substituents is 1. The Morgan fingerprint density at radius 2 is 1.70 bits per heavy atom. The van der Waals surface area contributed by atoms with Crippen molar-refractivity contribution in [3.05, 3.63) is 112 Å². The molecule has 150 valence electrons. The van der Waals surface area contributed by atoms with Crippen LogP contribution in [-0.4, -0.2) is 16.7 Å². The molecule has 0 aliphatic rings. The van der Waals surface area contributed by atoms with E-state index in [0.29, 0.717) is 23.4 Å². The number of hydrogen-bond donors (Lipinski definition) is 2. The monoisotopic (exact) mass is 401 g/mol. The van der Waals surface area contributed by atoms with Crippen LogP contribution in [0.4, 0.5) is 11.4 Å². The summed E-state index contributed by atoms with van der Waals surface area (Å²) in [4.78, 5) is 34.8. The van der Waals surface area contributed by atoms with E-state index < -0.39 is 10.8 Å². The number of benzene rings is 3. The SMILES string of the molecule is O=C(/C=C/c1cccc([N+](=O)[O-])c1)Nc1cccc(C(=O)NCc2ccccc2)c1. The van der Waals surface area contributed by atoms with Crippen LogP contribution in [0.2, 0.25) is 0 Å². The Labute approximate surface area is 173 Å². The standard InChI is InChI=1S/C23H19N3O4/c27-22(13-12-17-8-4-11-21(14-17)26(29)30)25-20-10-5-9-19(15-20)23(28)24-16-18-6-2-1-3-7-18/h1-15H,16H2,(H,24,28)(H,25,27)/b13-12+.